The molecule has 6 heteroatoms. The number of hydrogen-bond acceptors (Lipinski definition) is 4. The Hall–Kier alpha value is -3.02. The van der Waals surface area contributed by atoms with Crippen LogP contribution in [0.15, 0.2) is 52.9 Å². The third kappa shape index (κ3) is 1.60. The molecule has 6 nitrogen and oxygen atoms in total. The van der Waals surface area contributed by atoms with Crippen LogP contribution in [0.2, 0.25) is 0 Å². The van der Waals surface area contributed by atoms with Crippen molar-refractivity contribution in [2.75, 3.05) is 19.0 Å². The second-order valence-corrected chi connectivity index (χ2v) is 4.95. The number of amides is 2. The topological polar surface area (TPSA) is 65.9 Å². The first-order valence-corrected chi connectivity index (χ1v) is 6.62. The van der Waals surface area contributed by atoms with Crippen LogP contribution in [-0.4, -0.2) is 42.5 Å². The summed E-state index contributed by atoms with van der Waals surface area (Å²) in [5, 5.41) is 0. The van der Waals surface area contributed by atoms with Gasteiger partial charge in [-0.15, -0.1) is 0 Å². The summed E-state index contributed by atoms with van der Waals surface area (Å²) < 4.78 is 0. The predicted octanol–water partition coefficient (Wildman–Crippen LogP) is 1.38. The molecule has 2 amide bonds. The van der Waals surface area contributed by atoms with Gasteiger partial charge in [0.25, 0.3) is 11.8 Å². The highest BCUT2D eigenvalue weighted by Gasteiger charge is 2.40. The van der Waals surface area contributed by atoms with Crippen molar-refractivity contribution in [3.63, 3.8) is 0 Å². The van der Waals surface area contributed by atoms with Crippen molar-refractivity contribution in [2.24, 2.45) is 4.99 Å². The number of hydrogen-bond donors (Lipinski definition) is 0. The normalized spacial score (nSPS) is 20.8. The molecule has 110 valence electrons. The minimum atomic E-state index is -0.300. The molecule has 0 fully saturated rings. The van der Waals surface area contributed by atoms with E-state index in [1.54, 1.807) is 32.4 Å². The Balaban J connectivity index is 2.37. The molecule has 0 aliphatic carbocycles. The van der Waals surface area contributed by atoms with Gasteiger partial charge in [0.1, 0.15) is 11.6 Å². The van der Waals surface area contributed by atoms with Crippen LogP contribution in [0.3, 0.4) is 0 Å². The smallest absolute Gasteiger partial charge is 0.260 e. The van der Waals surface area contributed by atoms with Crippen LogP contribution in [0.25, 0.3) is 5.57 Å². The predicted molar refractivity (Wildman–Crippen MR) is 84.1 cm³/mol. The van der Waals surface area contributed by atoms with Crippen LogP contribution in [-0.2, 0) is 9.59 Å². The number of aromatic nitrogens is 1. The third-order valence-electron chi connectivity index (χ3n) is 3.84. The Morgan fingerprint density at radius 3 is 2.50 bits per heavy atom. The molecule has 0 N–H and O–H groups in total. The fraction of sp³-hybridized carbons (Fsp3) is 0.125. The monoisotopic (exact) mass is 294 g/mol. The maximum absolute atomic E-state index is 12.6. The molecular weight excluding hydrogens is 280 g/mol. The van der Waals surface area contributed by atoms with Crippen LogP contribution in [0, 0.1) is 0 Å². The van der Waals surface area contributed by atoms with E-state index in [0.29, 0.717) is 33.9 Å². The Morgan fingerprint density at radius 2 is 1.86 bits per heavy atom. The van der Waals surface area contributed by atoms with E-state index in [-0.39, 0.29) is 11.8 Å². The second kappa shape index (κ2) is 4.77. The van der Waals surface area contributed by atoms with Gasteiger partial charge in [-0.25, -0.2) is 9.98 Å². The molecule has 2 aliphatic rings. The summed E-state index contributed by atoms with van der Waals surface area (Å²) in [4.78, 5) is 36.1. The van der Waals surface area contributed by atoms with Gasteiger partial charge in [-0.1, -0.05) is 12.7 Å². The molecule has 3 heterocycles. The Labute approximate surface area is 127 Å². The quantitative estimate of drug-likeness (QED) is 0.611. The zero-order valence-electron chi connectivity index (χ0n) is 12.3. The summed E-state index contributed by atoms with van der Waals surface area (Å²) in [6.45, 7) is 7.22. The number of likely N-dealkylation sites (N-methyl/N-ethyl adjacent to an activating group) is 2. The van der Waals surface area contributed by atoms with Gasteiger partial charge >= 0.3 is 0 Å². The van der Waals surface area contributed by atoms with Crippen molar-refractivity contribution >= 4 is 29.9 Å². The molecule has 1 aromatic rings. The van der Waals surface area contributed by atoms with Gasteiger partial charge in [0, 0.05) is 31.4 Å². The van der Waals surface area contributed by atoms with Gasteiger partial charge in [-0.2, -0.15) is 0 Å². The summed E-state index contributed by atoms with van der Waals surface area (Å²) in [7, 11) is 3.23. The van der Waals surface area contributed by atoms with E-state index in [0.717, 1.165) is 0 Å². The first-order chi connectivity index (χ1) is 10.5. The lowest BCUT2D eigenvalue weighted by atomic mass is 9.97. The molecule has 0 spiro atoms. The first-order valence-electron chi connectivity index (χ1n) is 6.62. The summed E-state index contributed by atoms with van der Waals surface area (Å²) in [5.74, 6) is 0.366. The fourth-order valence-electron chi connectivity index (χ4n) is 2.78. The van der Waals surface area contributed by atoms with E-state index < -0.39 is 0 Å². The number of carbonyl (C=O) groups excluding carboxylic acids is 2. The van der Waals surface area contributed by atoms with Gasteiger partial charge in [-0.05, 0) is 18.9 Å². The average Bonchev–Trinajstić information content (AvgIpc) is 2.92. The van der Waals surface area contributed by atoms with Crippen molar-refractivity contribution in [2.45, 2.75) is 0 Å². The summed E-state index contributed by atoms with van der Waals surface area (Å²) >= 11 is 0. The molecule has 0 saturated carbocycles. The number of pyridine rings is 1. The molecule has 0 saturated heterocycles. The molecule has 0 bridgehead atoms. The molecule has 0 aromatic carbocycles. The first kappa shape index (κ1) is 13.9. The number of allylic oxidation sites excluding steroid dienone is 1. The highest BCUT2D eigenvalue weighted by atomic mass is 16.2. The minimum absolute atomic E-state index is 0.268. The molecular formula is C16H14N4O2. The lowest BCUT2D eigenvalue weighted by molar-refractivity contribution is -0.123. The highest BCUT2D eigenvalue weighted by molar-refractivity contribution is 6.37. The van der Waals surface area contributed by atoms with Gasteiger partial charge in [0.2, 0.25) is 0 Å². The van der Waals surface area contributed by atoms with E-state index in [1.807, 2.05) is 0 Å². The number of nitrogens with zero attached hydrogens (tertiary/aromatic N) is 4. The summed E-state index contributed by atoms with van der Waals surface area (Å²) in [6, 6.07) is 3.51. The van der Waals surface area contributed by atoms with Crippen LogP contribution >= 0.6 is 0 Å². The Bertz CT molecular complexity index is 804. The van der Waals surface area contributed by atoms with E-state index in [1.165, 1.54) is 15.9 Å². The molecule has 0 unspecified atom stereocenters. The van der Waals surface area contributed by atoms with Crippen LogP contribution < -0.4 is 4.90 Å². The van der Waals surface area contributed by atoms with E-state index >= 15 is 0 Å². The Morgan fingerprint density at radius 1 is 1.18 bits per heavy atom. The zero-order valence-corrected chi connectivity index (χ0v) is 12.3. The number of aliphatic imine (C=N–C) groups is 1. The molecule has 22 heavy (non-hydrogen) atoms. The molecule has 2 aliphatic heterocycles. The summed E-state index contributed by atoms with van der Waals surface area (Å²) in [6.07, 6.45) is 3.13. The van der Waals surface area contributed by atoms with Gasteiger partial charge in [0.05, 0.1) is 11.1 Å². The molecule has 3 rings (SSSR count). The standard InChI is InChI=1S/C16H14N4O2/c1-5-9-11(15(21)19(3)13(9)17-2)12-10-7-6-8-18-14(10)20(4)16(12)22/h5-8H,1-2H2,3-4H3/b12-11+. The van der Waals surface area contributed by atoms with E-state index in [2.05, 4.69) is 23.3 Å². The van der Waals surface area contributed by atoms with Gasteiger partial charge < -0.3 is 0 Å². The highest BCUT2D eigenvalue weighted by Crippen LogP contribution is 2.41. The van der Waals surface area contributed by atoms with Crippen LogP contribution in [0.5, 0.6) is 0 Å². The van der Waals surface area contributed by atoms with Crippen molar-refractivity contribution < 1.29 is 9.59 Å². The maximum atomic E-state index is 12.6. The van der Waals surface area contributed by atoms with Crippen molar-refractivity contribution in [3.05, 3.63) is 53.5 Å². The van der Waals surface area contributed by atoms with E-state index in [9.17, 15) is 9.59 Å². The van der Waals surface area contributed by atoms with Gasteiger partial charge in [-0.3, -0.25) is 19.4 Å². The number of rotatable bonds is 2. The third-order valence-corrected chi connectivity index (χ3v) is 3.84. The largest absolute Gasteiger partial charge is 0.295 e. The van der Waals surface area contributed by atoms with E-state index in [4.69, 9.17) is 0 Å². The van der Waals surface area contributed by atoms with Crippen LogP contribution in [0.4, 0.5) is 5.82 Å². The Kier molecular flexibility index (Phi) is 3.02. The minimum Gasteiger partial charge on any atom is -0.295 e. The second-order valence-electron chi connectivity index (χ2n) is 4.95. The number of carbonyl (C=O) groups is 2. The molecule has 0 atom stereocenters. The average molecular weight is 294 g/mol. The van der Waals surface area contributed by atoms with Gasteiger partial charge in [0.15, 0.2) is 0 Å². The van der Waals surface area contributed by atoms with Crippen molar-refractivity contribution in [3.8, 4) is 0 Å². The zero-order chi connectivity index (χ0) is 16.0. The van der Waals surface area contributed by atoms with Crippen molar-refractivity contribution in [1.82, 2.24) is 9.88 Å². The SMILES string of the molecule is C=CC1=C(N=C)N(C)C(=O)/C1=C1/C(=O)N(C)c2ncccc21. The fourth-order valence-corrected chi connectivity index (χ4v) is 2.78. The van der Waals surface area contributed by atoms with Crippen molar-refractivity contribution in [1.29, 1.82) is 0 Å². The maximum Gasteiger partial charge on any atom is 0.260 e. The number of fused-ring (bicyclic) bond motifs is 1. The number of anilines is 1. The molecule has 0 radical (unpaired) electrons. The lowest BCUT2D eigenvalue weighted by Crippen LogP contribution is -2.24. The van der Waals surface area contributed by atoms with Crippen LogP contribution in [0.1, 0.15) is 5.56 Å². The lowest BCUT2D eigenvalue weighted by Gasteiger charge is -2.09. The molecule has 1 aromatic heterocycles. The summed E-state index contributed by atoms with van der Waals surface area (Å²) in [5.41, 5.74) is 1.77.